The summed E-state index contributed by atoms with van der Waals surface area (Å²) in [6.45, 7) is 7.99. The highest BCUT2D eigenvalue weighted by Gasteiger charge is 2.46. The van der Waals surface area contributed by atoms with Gasteiger partial charge >= 0.3 is 5.97 Å². The highest BCUT2D eigenvalue weighted by molar-refractivity contribution is 5.68. The van der Waals surface area contributed by atoms with Gasteiger partial charge in [0.1, 0.15) is 6.10 Å². The fourth-order valence-corrected chi connectivity index (χ4v) is 3.91. The highest BCUT2D eigenvalue weighted by Crippen LogP contribution is 2.54. The van der Waals surface area contributed by atoms with Gasteiger partial charge in [0.2, 0.25) is 6.79 Å². The molecule has 0 amide bonds. The van der Waals surface area contributed by atoms with E-state index in [-0.39, 0.29) is 30.3 Å². The van der Waals surface area contributed by atoms with Crippen molar-refractivity contribution in [2.24, 2.45) is 5.41 Å². The molecule has 2 aromatic carbocycles. The van der Waals surface area contributed by atoms with Crippen LogP contribution >= 0.6 is 0 Å². The molecule has 0 aliphatic carbocycles. The smallest absolute Gasteiger partial charge is 0.303 e. The van der Waals surface area contributed by atoms with Crippen LogP contribution in [0.1, 0.15) is 49.6 Å². The van der Waals surface area contributed by atoms with E-state index in [2.05, 4.69) is 37.4 Å². The van der Waals surface area contributed by atoms with Crippen LogP contribution in [-0.2, 0) is 9.53 Å². The molecule has 4 rings (SSSR count). The molecule has 0 saturated heterocycles. The summed E-state index contributed by atoms with van der Waals surface area (Å²) >= 11 is 0. The zero-order chi connectivity index (χ0) is 18.5. The molecule has 0 radical (unpaired) electrons. The number of nitrogens with one attached hydrogen (secondary N) is 1. The summed E-state index contributed by atoms with van der Waals surface area (Å²) in [4.78, 5) is 11.8. The van der Waals surface area contributed by atoms with E-state index in [4.69, 9.17) is 14.2 Å². The lowest BCUT2D eigenvalue weighted by molar-refractivity contribution is -0.154. The average molecular weight is 353 g/mol. The van der Waals surface area contributed by atoms with E-state index in [1.165, 1.54) is 6.92 Å². The molecule has 2 heterocycles. The van der Waals surface area contributed by atoms with Crippen LogP contribution in [0, 0.1) is 12.3 Å². The first kappa shape index (κ1) is 16.8. The topological polar surface area (TPSA) is 56.8 Å². The first-order valence-corrected chi connectivity index (χ1v) is 8.80. The molecule has 0 aromatic heterocycles. The maximum absolute atomic E-state index is 11.8. The molecule has 2 atom stereocenters. The highest BCUT2D eigenvalue weighted by atomic mass is 16.7. The van der Waals surface area contributed by atoms with Crippen LogP contribution in [0.4, 0.5) is 5.69 Å². The van der Waals surface area contributed by atoms with Crippen molar-refractivity contribution in [2.75, 3.05) is 12.1 Å². The number of ether oxygens (including phenoxy) is 3. The number of benzene rings is 2. The Morgan fingerprint density at radius 3 is 2.69 bits per heavy atom. The van der Waals surface area contributed by atoms with Crippen LogP contribution < -0.4 is 14.8 Å². The lowest BCUT2D eigenvalue weighted by atomic mass is 9.70. The molecule has 5 nitrogen and oxygen atoms in total. The van der Waals surface area contributed by atoms with Gasteiger partial charge < -0.3 is 19.5 Å². The van der Waals surface area contributed by atoms with Gasteiger partial charge in [-0.2, -0.15) is 0 Å². The number of esters is 1. The minimum Gasteiger partial charge on any atom is -0.457 e. The van der Waals surface area contributed by atoms with Crippen LogP contribution in [0.15, 0.2) is 36.4 Å². The third-order valence-corrected chi connectivity index (χ3v) is 5.22. The van der Waals surface area contributed by atoms with Crippen molar-refractivity contribution in [3.63, 3.8) is 0 Å². The van der Waals surface area contributed by atoms with Crippen molar-refractivity contribution in [3.8, 4) is 11.5 Å². The second-order valence-corrected chi connectivity index (χ2v) is 7.59. The maximum Gasteiger partial charge on any atom is 0.303 e. The predicted octanol–water partition coefficient (Wildman–Crippen LogP) is 4.52. The number of carbonyl (C=O) groups excluding carboxylic acids is 1. The maximum atomic E-state index is 11.8. The summed E-state index contributed by atoms with van der Waals surface area (Å²) in [6, 6.07) is 12.1. The van der Waals surface area contributed by atoms with Crippen LogP contribution in [0.25, 0.3) is 0 Å². The van der Waals surface area contributed by atoms with Crippen molar-refractivity contribution in [3.05, 3.63) is 53.1 Å². The van der Waals surface area contributed by atoms with Gasteiger partial charge in [-0.1, -0.05) is 37.6 Å². The minimum atomic E-state index is -0.361. The molecular formula is C21H23NO4. The number of hydrogen-bond donors (Lipinski definition) is 1. The summed E-state index contributed by atoms with van der Waals surface area (Å²) in [5, 5.41) is 3.64. The molecule has 0 fully saturated rings. The summed E-state index contributed by atoms with van der Waals surface area (Å²) in [5.74, 6) is 1.23. The Labute approximate surface area is 153 Å². The van der Waals surface area contributed by atoms with Crippen molar-refractivity contribution < 1.29 is 19.0 Å². The van der Waals surface area contributed by atoms with Gasteiger partial charge in [0.05, 0.1) is 6.04 Å². The van der Waals surface area contributed by atoms with E-state index in [9.17, 15) is 4.79 Å². The number of anilines is 1. The summed E-state index contributed by atoms with van der Waals surface area (Å²) in [7, 11) is 0. The van der Waals surface area contributed by atoms with E-state index in [1.807, 2.05) is 25.1 Å². The van der Waals surface area contributed by atoms with E-state index in [1.54, 1.807) is 0 Å². The lowest BCUT2D eigenvalue weighted by Gasteiger charge is -2.46. The molecule has 2 aromatic rings. The molecule has 26 heavy (non-hydrogen) atoms. The number of carbonyl (C=O) groups is 1. The molecule has 0 unspecified atom stereocenters. The first-order chi connectivity index (χ1) is 12.4. The molecule has 0 bridgehead atoms. The van der Waals surface area contributed by atoms with E-state index >= 15 is 0 Å². The van der Waals surface area contributed by atoms with Gasteiger partial charge in [-0.3, -0.25) is 4.79 Å². The molecule has 0 spiro atoms. The average Bonchev–Trinajstić information content (AvgIpc) is 3.05. The summed E-state index contributed by atoms with van der Waals surface area (Å²) in [6.07, 6.45) is -0.341. The fraction of sp³-hybridized carbons (Fsp3) is 0.381. The third kappa shape index (κ3) is 2.68. The molecule has 5 heteroatoms. The van der Waals surface area contributed by atoms with Gasteiger partial charge in [0.15, 0.2) is 11.5 Å². The summed E-state index contributed by atoms with van der Waals surface area (Å²) in [5.41, 5.74) is 3.86. The van der Waals surface area contributed by atoms with Crippen molar-refractivity contribution >= 4 is 11.7 Å². The van der Waals surface area contributed by atoms with E-state index in [0.29, 0.717) is 0 Å². The van der Waals surface area contributed by atoms with Crippen LogP contribution in [0.2, 0.25) is 0 Å². The zero-order valence-corrected chi connectivity index (χ0v) is 15.5. The van der Waals surface area contributed by atoms with Gasteiger partial charge in [0.25, 0.3) is 0 Å². The Hall–Kier alpha value is -2.69. The molecule has 1 N–H and O–H groups in total. The monoisotopic (exact) mass is 353 g/mol. The normalized spacial score (nSPS) is 22.3. The van der Waals surface area contributed by atoms with Gasteiger partial charge in [0, 0.05) is 23.6 Å². The lowest BCUT2D eigenvalue weighted by Crippen LogP contribution is -2.40. The molecule has 2 aliphatic heterocycles. The molecule has 0 saturated carbocycles. The first-order valence-electron chi connectivity index (χ1n) is 8.80. The number of hydrogen-bond acceptors (Lipinski definition) is 5. The second-order valence-electron chi connectivity index (χ2n) is 7.59. The van der Waals surface area contributed by atoms with Crippen LogP contribution in [0.3, 0.4) is 0 Å². The quantitative estimate of drug-likeness (QED) is 0.805. The van der Waals surface area contributed by atoms with E-state index in [0.717, 1.165) is 33.9 Å². The Balaban J connectivity index is 1.81. The fourth-order valence-electron chi connectivity index (χ4n) is 3.91. The van der Waals surface area contributed by atoms with Gasteiger partial charge in [-0.05, 0) is 30.7 Å². The number of fused-ring (bicyclic) bond motifs is 2. The van der Waals surface area contributed by atoms with Crippen molar-refractivity contribution in [1.82, 2.24) is 0 Å². The molecule has 2 aliphatic rings. The van der Waals surface area contributed by atoms with Gasteiger partial charge in [-0.15, -0.1) is 0 Å². The SMILES string of the molecule is CC(=O)O[C@H]1c2cc(C)ccc2N[C@H](c2ccc3c(c2)OCO3)C1(C)C. The Morgan fingerprint density at radius 1 is 1.15 bits per heavy atom. The Morgan fingerprint density at radius 2 is 1.92 bits per heavy atom. The number of rotatable bonds is 2. The van der Waals surface area contributed by atoms with Gasteiger partial charge in [-0.25, -0.2) is 0 Å². The summed E-state index contributed by atoms with van der Waals surface area (Å²) < 4.78 is 16.8. The van der Waals surface area contributed by atoms with Crippen molar-refractivity contribution in [2.45, 2.75) is 39.8 Å². The van der Waals surface area contributed by atoms with Crippen LogP contribution in [0.5, 0.6) is 11.5 Å². The second kappa shape index (κ2) is 5.94. The molecule has 136 valence electrons. The standard InChI is InChI=1S/C21H23NO4/c1-12-5-7-16-15(9-12)20(26-13(2)23)21(3,4)19(22-16)14-6-8-17-18(10-14)25-11-24-17/h5-10,19-20,22H,11H2,1-4H3/t19-,20+/m1/s1. The van der Waals surface area contributed by atoms with Crippen LogP contribution in [-0.4, -0.2) is 12.8 Å². The Bertz CT molecular complexity index is 874. The molecular weight excluding hydrogens is 330 g/mol. The number of aryl methyl sites for hydroxylation is 1. The minimum absolute atomic E-state index is 0.0449. The van der Waals surface area contributed by atoms with Crippen molar-refractivity contribution in [1.29, 1.82) is 0 Å². The largest absolute Gasteiger partial charge is 0.457 e. The van der Waals surface area contributed by atoms with E-state index < -0.39 is 0 Å². The zero-order valence-electron chi connectivity index (χ0n) is 15.5. The predicted molar refractivity (Wildman–Crippen MR) is 98.4 cm³/mol. The third-order valence-electron chi connectivity index (χ3n) is 5.22. The Kier molecular flexibility index (Phi) is 3.83.